The molecule has 3 rings (SSSR count). The summed E-state index contributed by atoms with van der Waals surface area (Å²) in [6.45, 7) is -0.143. The van der Waals surface area contributed by atoms with E-state index in [1.807, 2.05) is 0 Å². The van der Waals surface area contributed by atoms with Gasteiger partial charge in [-0.15, -0.1) is 0 Å². The number of pyridine rings is 2. The number of hydrogen-bond acceptors (Lipinski definition) is 5. The van der Waals surface area contributed by atoms with Crippen molar-refractivity contribution in [1.29, 1.82) is 0 Å². The number of carbonyl (C=O) groups is 1. The van der Waals surface area contributed by atoms with Crippen LogP contribution in [0.4, 0.5) is 11.6 Å². The molecule has 2 N–H and O–H groups in total. The van der Waals surface area contributed by atoms with Gasteiger partial charge < -0.3 is 10.4 Å². The van der Waals surface area contributed by atoms with Gasteiger partial charge in [0.15, 0.2) is 5.78 Å². The van der Waals surface area contributed by atoms with Crippen LogP contribution in [-0.2, 0) is 13.0 Å². The summed E-state index contributed by atoms with van der Waals surface area (Å²) < 4.78 is 0. The average Bonchev–Trinajstić information content (AvgIpc) is 2.62. The Morgan fingerprint density at radius 3 is 2.50 bits per heavy atom. The lowest BCUT2D eigenvalue weighted by Crippen LogP contribution is -2.06. The summed E-state index contributed by atoms with van der Waals surface area (Å²) in [6, 6.07) is 13.8. The van der Waals surface area contributed by atoms with Crippen LogP contribution in [0.1, 0.15) is 21.6 Å². The number of carbonyl (C=O) groups excluding carboxylic acids is 1. The highest BCUT2D eigenvalue weighted by atomic mass is 35.5. The third kappa shape index (κ3) is 4.38. The molecule has 0 aliphatic rings. The molecule has 7 heteroatoms. The molecule has 0 atom stereocenters. The molecule has 0 spiro atoms. The van der Waals surface area contributed by atoms with Gasteiger partial charge in [0.25, 0.3) is 0 Å². The van der Waals surface area contributed by atoms with Crippen molar-refractivity contribution in [3.63, 3.8) is 0 Å². The summed E-state index contributed by atoms with van der Waals surface area (Å²) in [5.41, 5.74) is 1.64. The average molecular weight is 388 g/mol. The van der Waals surface area contributed by atoms with Crippen molar-refractivity contribution in [3.05, 3.63) is 81.6 Å². The summed E-state index contributed by atoms with van der Waals surface area (Å²) >= 11 is 12.2. The van der Waals surface area contributed by atoms with Crippen LogP contribution in [0, 0.1) is 0 Å². The lowest BCUT2D eigenvalue weighted by molar-refractivity contribution is 0.0993. The third-order valence-corrected chi connectivity index (χ3v) is 4.29. The van der Waals surface area contributed by atoms with Gasteiger partial charge in [-0.2, -0.15) is 0 Å². The molecule has 3 aromatic rings. The molecule has 0 saturated carbocycles. The predicted molar refractivity (Wildman–Crippen MR) is 102 cm³/mol. The number of nitrogens with zero attached hydrogens (tertiary/aromatic N) is 2. The molecule has 0 aliphatic heterocycles. The number of anilines is 2. The zero-order chi connectivity index (χ0) is 18.5. The van der Waals surface area contributed by atoms with Crippen molar-refractivity contribution in [1.82, 2.24) is 9.97 Å². The van der Waals surface area contributed by atoms with E-state index in [9.17, 15) is 4.79 Å². The lowest BCUT2D eigenvalue weighted by atomic mass is 10.0. The predicted octanol–water partition coefficient (Wildman–Crippen LogP) is 4.44. The Kier molecular flexibility index (Phi) is 5.83. The number of aromatic nitrogens is 2. The quantitative estimate of drug-likeness (QED) is 0.611. The van der Waals surface area contributed by atoms with Crippen LogP contribution in [0.3, 0.4) is 0 Å². The highest BCUT2D eigenvalue weighted by Crippen LogP contribution is 2.26. The normalized spacial score (nSPS) is 10.6. The zero-order valence-corrected chi connectivity index (χ0v) is 15.1. The van der Waals surface area contributed by atoms with Crippen LogP contribution in [0.25, 0.3) is 0 Å². The molecule has 132 valence electrons. The number of aliphatic hydroxyl groups is 1. The fraction of sp³-hybridized carbons (Fsp3) is 0.105. The molecule has 0 aliphatic carbocycles. The highest BCUT2D eigenvalue weighted by Gasteiger charge is 2.15. The Labute approximate surface area is 160 Å². The van der Waals surface area contributed by atoms with Crippen molar-refractivity contribution in [3.8, 4) is 0 Å². The Bertz CT molecular complexity index is 927. The van der Waals surface area contributed by atoms with Gasteiger partial charge in [0.1, 0.15) is 11.6 Å². The van der Waals surface area contributed by atoms with Crippen LogP contribution >= 0.6 is 23.2 Å². The maximum atomic E-state index is 12.6. The second-order valence-corrected chi connectivity index (χ2v) is 6.36. The minimum Gasteiger partial charge on any atom is -0.390 e. The van der Waals surface area contributed by atoms with E-state index in [2.05, 4.69) is 15.3 Å². The maximum Gasteiger partial charge on any atom is 0.170 e. The van der Waals surface area contributed by atoms with Crippen molar-refractivity contribution >= 4 is 40.6 Å². The first-order valence-corrected chi connectivity index (χ1v) is 8.58. The highest BCUT2D eigenvalue weighted by molar-refractivity contribution is 6.39. The van der Waals surface area contributed by atoms with E-state index >= 15 is 0 Å². The van der Waals surface area contributed by atoms with E-state index in [1.165, 1.54) is 0 Å². The van der Waals surface area contributed by atoms with Crippen LogP contribution in [0.15, 0.2) is 54.7 Å². The number of benzene rings is 1. The molecule has 0 saturated heterocycles. The molecule has 0 unspecified atom stereocenters. The maximum absolute atomic E-state index is 12.6. The van der Waals surface area contributed by atoms with Gasteiger partial charge in [0.2, 0.25) is 0 Å². The first kappa shape index (κ1) is 18.3. The Hall–Kier alpha value is -2.47. The first-order valence-electron chi connectivity index (χ1n) is 7.83. The Morgan fingerprint density at radius 1 is 1.04 bits per heavy atom. The SMILES string of the molecule is O=C(Cc1ccnc(Nc2cccc(CO)n2)c1)c1c(Cl)cccc1Cl. The molecule has 26 heavy (non-hydrogen) atoms. The molecule has 2 heterocycles. The number of nitrogens with one attached hydrogen (secondary N) is 1. The molecule has 0 amide bonds. The number of Topliss-reactive ketones (excluding diaryl/α,β-unsaturated/α-hetero) is 1. The second-order valence-electron chi connectivity index (χ2n) is 5.54. The smallest absolute Gasteiger partial charge is 0.170 e. The van der Waals surface area contributed by atoms with Gasteiger partial charge in [0, 0.05) is 12.6 Å². The molecule has 0 radical (unpaired) electrons. The minimum absolute atomic E-state index is 0.143. The van der Waals surface area contributed by atoms with E-state index in [-0.39, 0.29) is 18.8 Å². The molecule has 5 nitrogen and oxygen atoms in total. The third-order valence-electron chi connectivity index (χ3n) is 3.66. The van der Waals surface area contributed by atoms with Crippen LogP contribution < -0.4 is 5.32 Å². The summed E-state index contributed by atoms with van der Waals surface area (Å²) in [7, 11) is 0. The topological polar surface area (TPSA) is 75.1 Å². The van der Waals surface area contributed by atoms with Gasteiger partial charge in [-0.3, -0.25) is 4.79 Å². The van der Waals surface area contributed by atoms with Gasteiger partial charge in [-0.25, -0.2) is 9.97 Å². The van der Waals surface area contributed by atoms with E-state index < -0.39 is 0 Å². The first-order chi connectivity index (χ1) is 12.6. The fourth-order valence-electron chi connectivity index (χ4n) is 2.46. The number of halogens is 2. The molecular formula is C19H15Cl2N3O2. The minimum atomic E-state index is -0.168. The molecule has 1 aromatic carbocycles. The van der Waals surface area contributed by atoms with Crippen LogP contribution in [0.5, 0.6) is 0 Å². The van der Waals surface area contributed by atoms with Gasteiger partial charge >= 0.3 is 0 Å². The summed E-state index contributed by atoms with van der Waals surface area (Å²) in [6.07, 6.45) is 1.75. The zero-order valence-electron chi connectivity index (χ0n) is 13.6. The van der Waals surface area contributed by atoms with Crippen LogP contribution in [-0.4, -0.2) is 20.9 Å². The number of ketones is 1. The van der Waals surface area contributed by atoms with Crippen molar-refractivity contribution in [2.24, 2.45) is 0 Å². The van der Waals surface area contributed by atoms with E-state index in [4.69, 9.17) is 28.3 Å². The fourth-order valence-corrected chi connectivity index (χ4v) is 3.07. The number of aliphatic hydroxyl groups excluding tert-OH is 1. The lowest BCUT2D eigenvalue weighted by Gasteiger charge is -2.09. The van der Waals surface area contributed by atoms with Crippen molar-refractivity contribution < 1.29 is 9.90 Å². The number of rotatable bonds is 6. The monoisotopic (exact) mass is 387 g/mol. The second kappa shape index (κ2) is 8.27. The Morgan fingerprint density at radius 2 is 1.77 bits per heavy atom. The molecule has 0 bridgehead atoms. The molecular weight excluding hydrogens is 373 g/mol. The standard InChI is InChI=1S/C19H15Cl2N3O2/c20-14-4-2-5-15(21)19(14)16(26)9-12-7-8-22-18(10-12)24-17-6-1-3-13(11-25)23-17/h1-8,10,25H,9,11H2,(H,22,23,24). The van der Waals surface area contributed by atoms with Gasteiger partial charge in [-0.1, -0.05) is 35.3 Å². The van der Waals surface area contributed by atoms with E-state index in [1.54, 1.807) is 54.7 Å². The van der Waals surface area contributed by atoms with Gasteiger partial charge in [-0.05, 0) is 42.0 Å². The summed E-state index contributed by atoms with van der Waals surface area (Å²) in [5, 5.41) is 12.9. The van der Waals surface area contributed by atoms with Crippen molar-refractivity contribution in [2.75, 3.05) is 5.32 Å². The van der Waals surface area contributed by atoms with Crippen LogP contribution in [0.2, 0.25) is 10.0 Å². The number of hydrogen-bond donors (Lipinski definition) is 2. The summed E-state index contributed by atoms with van der Waals surface area (Å²) in [5.74, 6) is 0.933. The van der Waals surface area contributed by atoms with Crippen molar-refractivity contribution in [2.45, 2.75) is 13.0 Å². The molecule has 2 aromatic heterocycles. The summed E-state index contributed by atoms with van der Waals surface area (Å²) in [4.78, 5) is 21.0. The van der Waals surface area contributed by atoms with Gasteiger partial charge in [0.05, 0.1) is 27.9 Å². The van der Waals surface area contributed by atoms with E-state index in [0.29, 0.717) is 32.9 Å². The largest absolute Gasteiger partial charge is 0.390 e. The molecule has 0 fully saturated rings. The Balaban J connectivity index is 1.78. The van der Waals surface area contributed by atoms with E-state index in [0.717, 1.165) is 5.56 Å².